The fourth-order valence-electron chi connectivity index (χ4n) is 2.20. The molecule has 1 saturated carbocycles. The van der Waals surface area contributed by atoms with Crippen molar-refractivity contribution in [2.75, 3.05) is 18.1 Å². The van der Waals surface area contributed by atoms with Crippen LogP contribution in [0, 0.1) is 0 Å². The van der Waals surface area contributed by atoms with Crippen LogP contribution in [0.2, 0.25) is 5.02 Å². The molecule has 1 aliphatic rings. The van der Waals surface area contributed by atoms with Crippen LogP contribution in [0.3, 0.4) is 0 Å². The van der Waals surface area contributed by atoms with Crippen molar-refractivity contribution in [3.8, 4) is 0 Å². The van der Waals surface area contributed by atoms with Crippen LogP contribution in [0.5, 0.6) is 0 Å². The maximum Gasteiger partial charge on any atom is 0.107 e. The van der Waals surface area contributed by atoms with Gasteiger partial charge in [-0.1, -0.05) is 36.3 Å². The minimum atomic E-state index is 0.343. The predicted molar refractivity (Wildman–Crippen MR) is 85.9 cm³/mol. The van der Waals surface area contributed by atoms with Crippen molar-refractivity contribution in [1.82, 2.24) is 0 Å². The molecule has 98 valence electrons. The first kappa shape index (κ1) is 14.0. The largest absolute Gasteiger partial charge is 0.389 e. The van der Waals surface area contributed by atoms with E-state index in [9.17, 15) is 0 Å². The topological polar surface area (TPSA) is 38.0 Å². The summed E-state index contributed by atoms with van der Waals surface area (Å²) in [4.78, 5) is 0.343. The van der Waals surface area contributed by atoms with E-state index in [1.165, 1.54) is 19.3 Å². The second-order valence-corrected chi connectivity index (χ2v) is 6.74. The van der Waals surface area contributed by atoms with Gasteiger partial charge in [-0.05, 0) is 31.2 Å². The number of rotatable bonds is 5. The summed E-state index contributed by atoms with van der Waals surface area (Å²) in [6, 6.07) is 5.71. The zero-order valence-corrected chi connectivity index (χ0v) is 12.7. The summed E-state index contributed by atoms with van der Waals surface area (Å²) in [5, 5.41) is 4.07. The summed E-state index contributed by atoms with van der Waals surface area (Å²) in [6.07, 6.45) is 6.03. The molecule has 2 nitrogen and oxygen atoms in total. The van der Waals surface area contributed by atoms with Crippen molar-refractivity contribution >= 4 is 46.3 Å². The standard InChI is InChI=1S/C13H17ClN2S2/c1-18-13(6-3-7-13)8-16-10-5-2-4-9(14)11(10)12(15)17/h2,4-5,16H,3,6-8H2,1H3,(H2,15,17). The predicted octanol–water partition coefficient (Wildman–Crippen LogP) is 3.67. The van der Waals surface area contributed by atoms with Crippen LogP contribution < -0.4 is 11.1 Å². The second kappa shape index (κ2) is 5.68. The van der Waals surface area contributed by atoms with Gasteiger partial charge in [0.25, 0.3) is 0 Å². The molecule has 0 aromatic heterocycles. The van der Waals surface area contributed by atoms with Crippen molar-refractivity contribution in [2.45, 2.75) is 24.0 Å². The van der Waals surface area contributed by atoms with E-state index in [2.05, 4.69) is 11.6 Å². The Kier molecular flexibility index (Phi) is 4.41. The molecule has 0 radical (unpaired) electrons. The van der Waals surface area contributed by atoms with Crippen LogP contribution in [-0.4, -0.2) is 22.5 Å². The molecule has 1 aromatic carbocycles. The molecule has 0 bridgehead atoms. The lowest BCUT2D eigenvalue weighted by molar-refractivity contribution is 0.380. The normalized spacial score (nSPS) is 17.0. The average molecular weight is 301 g/mol. The summed E-state index contributed by atoms with van der Waals surface area (Å²) < 4.78 is 0.371. The number of hydrogen-bond acceptors (Lipinski definition) is 3. The number of halogens is 1. The SMILES string of the molecule is CSC1(CNc2cccc(Cl)c2C(N)=S)CCC1. The van der Waals surface area contributed by atoms with Crippen molar-refractivity contribution in [3.63, 3.8) is 0 Å². The highest BCUT2D eigenvalue weighted by Crippen LogP contribution is 2.43. The van der Waals surface area contributed by atoms with Gasteiger partial charge in [-0.15, -0.1) is 0 Å². The van der Waals surface area contributed by atoms with Crippen molar-refractivity contribution in [1.29, 1.82) is 0 Å². The van der Waals surface area contributed by atoms with Gasteiger partial charge in [0.1, 0.15) is 4.99 Å². The lowest BCUT2D eigenvalue weighted by Gasteiger charge is -2.40. The first-order valence-electron chi connectivity index (χ1n) is 5.95. The number of benzene rings is 1. The van der Waals surface area contributed by atoms with Gasteiger partial charge in [0, 0.05) is 17.0 Å². The lowest BCUT2D eigenvalue weighted by atomic mass is 9.84. The van der Waals surface area contributed by atoms with E-state index in [0.29, 0.717) is 14.8 Å². The highest BCUT2D eigenvalue weighted by atomic mass is 35.5. The number of thiocarbonyl (C=S) groups is 1. The Labute approximate surface area is 123 Å². The molecule has 0 spiro atoms. The Hall–Kier alpha value is -0.450. The van der Waals surface area contributed by atoms with E-state index in [4.69, 9.17) is 29.6 Å². The average Bonchev–Trinajstić information content (AvgIpc) is 2.27. The number of anilines is 1. The van der Waals surface area contributed by atoms with E-state index in [1.54, 1.807) is 0 Å². The quantitative estimate of drug-likeness (QED) is 0.814. The molecular formula is C13H17ClN2S2. The fraction of sp³-hybridized carbons (Fsp3) is 0.462. The Morgan fingerprint density at radius 2 is 2.28 bits per heavy atom. The molecule has 18 heavy (non-hydrogen) atoms. The van der Waals surface area contributed by atoms with Crippen LogP contribution in [0.25, 0.3) is 0 Å². The van der Waals surface area contributed by atoms with Crippen LogP contribution in [0.4, 0.5) is 5.69 Å². The zero-order valence-electron chi connectivity index (χ0n) is 10.3. The molecule has 1 aromatic rings. The third kappa shape index (κ3) is 2.76. The summed E-state index contributed by atoms with van der Waals surface area (Å²) >= 11 is 13.1. The highest BCUT2D eigenvalue weighted by molar-refractivity contribution is 8.00. The Balaban J connectivity index is 2.14. The van der Waals surface area contributed by atoms with Gasteiger partial charge in [-0.25, -0.2) is 0 Å². The summed E-state index contributed by atoms with van der Waals surface area (Å²) in [5.41, 5.74) is 7.43. The van der Waals surface area contributed by atoms with Crippen LogP contribution in [-0.2, 0) is 0 Å². The zero-order chi connectivity index (χ0) is 13.2. The first-order chi connectivity index (χ1) is 8.58. The van der Waals surface area contributed by atoms with E-state index < -0.39 is 0 Å². The van der Waals surface area contributed by atoms with Crippen LogP contribution in [0.1, 0.15) is 24.8 Å². The highest BCUT2D eigenvalue weighted by Gasteiger charge is 2.35. The Morgan fingerprint density at radius 3 is 2.78 bits per heavy atom. The Morgan fingerprint density at radius 1 is 1.56 bits per heavy atom. The maximum absolute atomic E-state index is 6.14. The summed E-state index contributed by atoms with van der Waals surface area (Å²) in [5.74, 6) is 0. The molecular weight excluding hydrogens is 284 g/mol. The number of hydrogen-bond donors (Lipinski definition) is 2. The van der Waals surface area contributed by atoms with Crippen molar-refractivity contribution in [2.24, 2.45) is 5.73 Å². The van der Waals surface area contributed by atoms with Gasteiger partial charge in [0.05, 0.1) is 10.6 Å². The van der Waals surface area contributed by atoms with E-state index in [0.717, 1.165) is 17.8 Å². The maximum atomic E-state index is 6.14. The van der Waals surface area contributed by atoms with Gasteiger partial charge in [0.2, 0.25) is 0 Å². The fourth-order valence-corrected chi connectivity index (χ4v) is 3.67. The van der Waals surface area contributed by atoms with Crippen LogP contribution >= 0.6 is 35.6 Å². The van der Waals surface area contributed by atoms with Gasteiger partial charge in [-0.2, -0.15) is 11.8 Å². The van der Waals surface area contributed by atoms with Gasteiger partial charge in [-0.3, -0.25) is 0 Å². The molecule has 0 amide bonds. The van der Waals surface area contributed by atoms with E-state index in [1.807, 2.05) is 30.0 Å². The third-order valence-corrected chi connectivity index (χ3v) is 5.50. The first-order valence-corrected chi connectivity index (χ1v) is 7.96. The smallest absolute Gasteiger partial charge is 0.107 e. The molecule has 0 heterocycles. The molecule has 5 heteroatoms. The number of nitrogens with two attached hydrogens (primary N) is 1. The molecule has 0 atom stereocenters. The summed E-state index contributed by atoms with van der Waals surface area (Å²) in [7, 11) is 0. The lowest BCUT2D eigenvalue weighted by Crippen LogP contribution is -2.40. The minimum absolute atomic E-state index is 0.343. The molecule has 1 fully saturated rings. The van der Waals surface area contributed by atoms with E-state index >= 15 is 0 Å². The van der Waals surface area contributed by atoms with E-state index in [-0.39, 0.29) is 0 Å². The van der Waals surface area contributed by atoms with Gasteiger partial charge >= 0.3 is 0 Å². The summed E-state index contributed by atoms with van der Waals surface area (Å²) in [6.45, 7) is 0.935. The molecule has 1 aliphatic carbocycles. The Bertz CT molecular complexity index is 453. The molecule has 2 rings (SSSR count). The van der Waals surface area contributed by atoms with Gasteiger partial charge < -0.3 is 11.1 Å². The second-order valence-electron chi connectivity index (χ2n) is 4.62. The molecule has 3 N–H and O–H groups in total. The molecule has 0 saturated heterocycles. The van der Waals surface area contributed by atoms with Crippen molar-refractivity contribution < 1.29 is 0 Å². The number of thioether (sulfide) groups is 1. The van der Waals surface area contributed by atoms with Crippen LogP contribution in [0.15, 0.2) is 18.2 Å². The monoisotopic (exact) mass is 300 g/mol. The number of nitrogens with one attached hydrogen (secondary N) is 1. The minimum Gasteiger partial charge on any atom is -0.389 e. The third-order valence-electron chi connectivity index (χ3n) is 3.56. The van der Waals surface area contributed by atoms with Gasteiger partial charge in [0.15, 0.2) is 0 Å². The molecule has 0 unspecified atom stereocenters. The molecule has 0 aliphatic heterocycles. The van der Waals surface area contributed by atoms with Crippen molar-refractivity contribution in [3.05, 3.63) is 28.8 Å².